The van der Waals surface area contributed by atoms with Crippen LogP contribution in [0.1, 0.15) is 32.1 Å². The summed E-state index contributed by atoms with van der Waals surface area (Å²) in [5, 5.41) is 0. The molecule has 9 heavy (non-hydrogen) atoms. The molecule has 1 rings (SSSR count). The largest absolute Gasteiger partial charge is 0.324 e. The highest BCUT2D eigenvalue weighted by molar-refractivity contribution is 5.00. The third-order valence-electron chi connectivity index (χ3n) is 2.05. The van der Waals surface area contributed by atoms with E-state index in [0.29, 0.717) is 0 Å². The van der Waals surface area contributed by atoms with Crippen molar-refractivity contribution in [3.63, 3.8) is 0 Å². The molecule has 1 heteroatoms. The quantitative estimate of drug-likeness (QED) is 0.522. The highest BCUT2D eigenvalue weighted by atomic mass is 14.7. The second-order valence-corrected chi connectivity index (χ2v) is 2.95. The highest BCUT2D eigenvalue weighted by Gasteiger charge is 2.27. The van der Waals surface area contributed by atoms with Crippen molar-refractivity contribution in [1.82, 2.24) is 0 Å². The van der Waals surface area contributed by atoms with Gasteiger partial charge in [-0.1, -0.05) is 12.8 Å². The molecule has 1 saturated carbocycles. The second kappa shape index (κ2) is 2.41. The summed E-state index contributed by atoms with van der Waals surface area (Å²) >= 11 is 0. The minimum atomic E-state index is 0.00868. The summed E-state index contributed by atoms with van der Waals surface area (Å²) in [6.07, 6.45) is 10.7. The normalized spacial score (nSPS) is 23.6. The van der Waals surface area contributed by atoms with Crippen LogP contribution in [0.3, 0.4) is 0 Å². The molecule has 0 heterocycles. The predicted molar refractivity (Wildman–Crippen MR) is 38.8 cm³/mol. The first-order chi connectivity index (χ1) is 4.27. The zero-order chi connectivity index (χ0) is 6.74. The van der Waals surface area contributed by atoms with Crippen LogP contribution in [0.15, 0.2) is 0 Å². The van der Waals surface area contributed by atoms with Gasteiger partial charge in [0.05, 0.1) is 0 Å². The first-order valence-electron chi connectivity index (χ1n) is 3.49. The van der Waals surface area contributed by atoms with Crippen molar-refractivity contribution in [2.45, 2.75) is 37.6 Å². The topological polar surface area (TPSA) is 26.0 Å². The first-order valence-corrected chi connectivity index (χ1v) is 3.49. The van der Waals surface area contributed by atoms with Gasteiger partial charge >= 0.3 is 0 Å². The van der Waals surface area contributed by atoms with Crippen LogP contribution in [0, 0.1) is 12.3 Å². The zero-order valence-corrected chi connectivity index (χ0v) is 5.69. The Morgan fingerprint density at radius 3 is 2.44 bits per heavy atom. The van der Waals surface area contributed by atoms with Crippen molar-refractivity contribution < 1.29 is 0 Å². The molecule has 2 N–H and O–H groups in total. The summed E-state index contributed by atoms with van der Waals surface area (Å²) < 4.78 is 0. The van der Waals surface area contributed by atoms with Crippen LogP contribution in [0.2, 0.25) is 0 Å². The van der Waals surface area contributed by atoms with Crippen molar-refractivity contribution in [1.29, 1.82) is 0 Å². The van der Waals surface area contributed by atoms with Crippen LogP contribution in [-0.2, 0) is 0 Å². The van der Waals surface area contributed by atoms with E-state index in [1.54, 1.807) is 0 Å². The summed E-state index contributed by atoms with van der Waals surface area (Å²) in [5.74, 6) is 2.63. The number of hydrogen-bond donors (Lipinski definition) is 1. The molecule has 0 amide bonds. The lowest BCUT2D eigenvalue weighted by molar-refractivity contribution is 0.451. The fourth-order valence-corrected chi connectivity index (χ4v) is 1.46. The van der Waals surface area contributed by atoms with Gasteiger partial charge in [-0.3, -0.25) is 0 Å². The minimum Gasteiger partial charge on any atom is -0.324 e. The summed E-state index contributed by atoms with van der Waals surface area (Å²) in [7, 11) is 0. The van der Waals surface area contributed by atoms with Crippen LogP contribution in [0.25, 0.3) is 0 Å². The lowest BCUT2D eigenvalue weighted by Gasteiger charge is -2.19. The van der Waals surface area contributed by atoms with E-state index in [9.17, 15) is 0 Å². The van der Waals surface area contributed by atoms with E-state index in [2.05, 4.69) is 5.92 Å². The summed E-state index contributed by atoms with van der Waals surface area (Å²) in [6, 6.07) is 0. The molecule has 0 atom stereocenters. The Labute approximate surface area is 56.6 Å². The summed E-state index contributed by atoms with van der Waals surface area (Å²) in [4.78, 5) is 0. The maximum atomic E-state index is 5.93. The molecule has 0 aromatic heterocycles. The van der Waals surface area contributed by atoms with Gasteiger partial charge in [0, 0.05) is 12.0 Å². The van der Waals surface area contributed by atoms with Gasteiger partial charge in [-0.15, -0.1) is 12.3 Å². The third-order valence-corrected chi connectivity index (χ3v) is 2.05. The van der Waals surface area contributed by atoms with Gasteiger partial charge in [0.1, 0.15) is 0 Å². The maximum absolute atomic E-state index is 5.93. The predicted octanol–water partition coefficient (Wildman–Crippen LogP) is 1.28. The number of hydrogen-bond acceptors (Lipinski definition) is 1. The minimum absolute atomic E-state index is 0.00868. The lowest BCUT2D eigenvalue weighted by Crippen LogP contribution is -2.35. The second-order valence-electron chi connectivity index (χ2n) is 2.95. The monoisotopic (exact) mass is 123 g/mol. The fraction of sp³-hybridized carbons (Fsp3) is 0.750. The molecule has 0 aromatic rings. The van der Waals surface area contributed by atoms with Gasteiger partial charge in [0.25, 0.3) is 0 Å². The number of nitrogens with two attached hydrogens (primary N) is 1. The Balaban J connectivity index is 2.43. The first kappa shape index (κ1) is 6.64. The smallest absolute Gasteiger partial charge is 0.0267 e. The van der Waals surface area contributed by atoms with Gasteiger partial charge < -0.3 is 5.73 Å². The Bertz CT molecular complexity index is 126. The Hall–Kier alpha value is -0.480. The molecular formula is C8H13N. The molecule has 1 aliphatic carbocycles. The van der Waals surface area contributed by atoms with Gasteiger partial charge in [-0.2, -0.15) is 0 Å². The van der Waals surface area contributed by atoms with Crippen molar-refractivity contribution in [2.75, 3.05) is 0 Å². The van der Waals surface area contributed by atoms with Crippen molar-refractivity contribution >= 4 is 0 Å². The molecule has 0 unspecified atom stereocenters. The van der Waals surface area contributed by atoms with E-state index in [-0.39, 0.29) is 5.54 Å². The molecule has 0 radical (unpaired) electrons. The van der Waals surface area contributed by atoms with Crippen molar-refractivity contribution in [3.05, 3.63) is 0 Å². The van der Waals surface area contributed by atoms with E-state index < -0.39 is 0 Å². The van der Waals surface area contributed by atoms with E-state index in [1.807, 2.05) is 0 Å². The molecule has 1 fully saturated rings. The molecule has 0 saturated heterocycles. The standard InChI is InChI=1S/C8H13N/c1-2-5-8(9)6-3-4-7-8/h1H,3-7,9H2. The number of terminal acetylenes is 1. The van der Waals surface area contributed by atoms with E-state index in [0.717, 1.165) is 19.3 Å². The third kappa shape index (κ3) is 1.46. The van der Waals surface area contributed by atoms with E-state index in [4.69, 9.17) is 12.2 Å². The Kier molecular flexibility index (Phi) is 1.78. The molecule has 1 aliphatic rings. The van der Waals surface area contributed by atoms with E-state index in [1.165, 1.54) is 12.8 Å². The van der Waals surface area contributed by atoms with Gasteiger partial charge in [0.15, 0.2) is 0 Å². The molecular weight excluding hydrogens is 110 g/mol. The Morgan fingerprint density at radius 1 is 1.44 bits per heavy atom. The van der Waals surface area contributed by atoms with Crippen LogP contribution in [0.4, 0.5) is 0 Å². The lowest BCUT2D eigenvalue weighted by atomic mass is 9.96. The maximum Gasteiger partial charge on any atom is 0.0267 e. The summed E-state index contributed by atoms with van der Waals surface area (Å²) in [6.45, 7) is 0. The van der Waals surface area contributed by atoms with Gasteiger partial charge in [-0.05, 0) is 12.8 Å². The van der Waals surface area contributed by atoms with Crippen LogP contribution < -0.4 is 5.73 Å². The molecule has 1 nitrogen and oxygen atoms in total. The molecule has 50 valence electrons. The molecule has 0 aromatic carbocycles. The average Bonchev–Trinajstić information content (AvgIpc) is 2.16. The molecule has 0 aliphatic heterocycles. The SMILES string of the molecule is C#CCC1(N)CCCC1. The van der Waals surface area contributed by atoms with Crippen LogP contribution >= 0.6 is 0 Å². The number of rotatable bonds is 1. The fourth-order valence-electron chi connectivity index (χ4n) is 1.46. The van der Waals surface area contributed by atoms with Gasteiger partial charge in [-0.25, -0.2) is 0 Å². The molecule has 0 spiro atoms. The highest BCUT2D eigenvalue weighted by Crippen LogP contribution is 2.29. The van der Waals surface area contributed by atoms with Gasteiger partial charge in [0.2, 0.25) is 0 Å². The van der Waals surface area contributed by atoms with Crippen LogP contribution in [-0.4, -0.2) is 5.54 Å². The van der Waals surface area contributed by atoms with E-state index >= 15 is 0 Å². The Morgan fingerprint density at radius 2 is 2.00 bits per heavy atom. The molecule has 0 bridgehead atoms. The van der Waals surface area contributed by atoms with Crippen molar-refractivity contribution in [2.24, 2.45) is 5.73 Å². The summed E-state index contributed by atoms with van der Waals surface area (Å²) in [5.41, 5.74) is 5.94. The average molecular weight is 123 g/mol. The van der Waals surface area contributed by atoms with Crippen LogP contribution in [0.5, 0.6) is 0 Å². The zero-order valence-electron chi connectivity index (χ0n) is 5.69. The van der Waals surface area contributed by atoms with Crippen molar-refractivity contribution in [3.8, 4) is 12.3 Å².